The molecule has 0 radical (unpaired) electrons. The molecule has 0 aliphatic carbocycles. The number of aliphatic imine (C=N–C) groups is 1. The number of amidine groups is 1. The van der Waals surface area contributed by atoms with Gasteiger partial charge in [-0.3, -0.25) is 0 Å². The SMILES string of the molecule is COC1=NCCOCCN1. The zero-order valence-electron chi connectivity index (χ0n) is 6.09. The van der Waals surface area contributed by atoms with Crippen LogP contribution in [0.4, 0.5) is 0 Å². The van der Waals surface area contributed by atoms with Gasteiger partial charge >= 0.3 is 0 Å². The van der Waals surface area contributed by atoms with E-state index < -0.39 is 0 Å². The van der Waals surface area contributed by atoms with Gasteiger partial charge in [0.05, 0.1) is 26.9 Å². The van der Waals surface area contributed by atoms with E-state index in [9.17, 15) is 0 Å². The Morgan fingerprint density at radius 3 is 3.30 bits per heavy atom. The topological polar surface area (TPSA) is 42.9 Å². The van der Waals surface area contributed by atoms with Gasteiger partial charge in [0.15, 0.2) is 0 Å². The third-order valence-corrected chi connectivity index (χ3v) is 1.21. The van der Waals surface area contributed by atoms with Crippen molar-refractivity contribution >= 4 is 6.02 Å². The summed E-state index contributed by atoms with van der Waals surface area (Å²) in [7, 11) is 1.61. The smallest absolute Gasteiger partial charge is 0.284 e. The molecular weight excluding hydrogens is 132 g/mol. The van der Waals surface area contributed by atoms with Crippen LogP contribution in [0, 0.1) is 0 Å². The second-order valence-electron chi connectivity index (χ2n) is 1.93. The Hall–Kier alpha value is -0.770. The van der Waals surface area contributed by atoms with Crippen LogP contribution in [0.3, 0.4) is 0 Å². The highest BCUT2D eigenvalue weighted by atomic mass is 16.5. The van der Waals surface area contributed by atoms with Crippen LogP contribution < -0.4 is 5.32 Å². The summed E-state index contributed by atoms with van der Waals surface area (Å²) in [6.07, 6.45) is 0. The van der Waals surface area contributed by atoms with E-state index in [4.69, 9.17) is 9.47 Å². The van der Waals surface area contributed by atoms with Crippen LogP contribution in [0.2, 0.25) is 0 Å². The van der Waals surface area contributed by atoms with E-state index in [1.807, 2.05) is 0 Å². The van der Waals surface area contributed by atoms with E-state index in [1.165, 1.54) is 0 Å². The van der Waals surface area contributed by atoms with Crippen LogP contribution in [-0.4, -0.2) is 39.4 Å². The van der Waals surface area contributed by atoms with Gasteiger partial charge in [0.1, 0.15) is 0 Å². The van der Waals surface area contributed by atoms with E-state index in [0.717, 1.165) is 13.2 Å². The van der Waals surface area contributed by atoms with Crippen molar-refractivity contribution in [2.45, 2.75) is 0 Å². The summed E-state index contributed by atoms with van der Waals surface area (Å²) in [5.74, 6) is 0. The molecule has 1 rings (SSSR count). The number of methoxy groups -OCH3 is 1. The fraction of sp³-hybridized carbons (Fsp3) is 0.833. The Labute approximate surface area is 60.2 Å². The predicted octanol–water partition coefficient (Wildman–Crippen LogP) is -0.391. The molecule has 58 valence electrons. The van der Waals surface area contributed by atoms with Crippen molar-refractivity contribution in [3.05, 3.63) is 0 Å². The quantitative estimate of drug-likeness (QED) is 0.503. The first-order chi connectivity index (χ1) is 4.93. The minimum absolute atomic E-state index is 0.614. The fourth-order valence-electron chi connectivity index (χ4n) is 0.737. The molecule has 0 spiro atoms. The highest BCUT2D eigenvalue weighted by molar-refractivity contribution is 5.73. The average Bonchev–Trinajstić information content (AvgIpc) is 1.87. The van der Waals surface area contributed by atoms with Crippen molar-refractivity contribution in [2.24, 2.45) is 4.99 Å². The molecule has 0 fully saturated rings. The number of rotatable bonds is 0. The molecule has 1 heterocycles. The molecule has 4 nitrogen and oxygen atoms in total. The highest BCUT2D eigenvalue weighted by Gasteiger charge is 1.99. The minimum atomic E-state index is 0.614. The summed E-state index contributed by atoms with van der Waals surface area (Å²) in [6.45, 7) is 2.86. The zero-order valence-corrected chi connectivity index (χ0v) is 6.09. The molecule has 0 aromatic heterocycles. The molecule has 0 unspecified atom stereocenters. The summed E-state index contributed by atoms with van der Waals surface area (Å²) in [4.78, 5) is 4.06. The molecule has 0 saturated heterocycles. The van der Waals surface area contributed by atoms with Crippen molar-refractivity contribution in [1.29, 1.82) is 0 Å². The van der Waals surface area contributed by atoms with E-state index in [-0.39, 0.29) is 0 Å². The Balaban J connectivity index is 2.35. The van der Waals surface area contributed by atoms with Crippen LogP contribution in [0.5, 0.6) is 0 Å². The minimum Gasteiger partial charge on any atom is -0.469 e. The molecule has 0 amide bonds. The Morgan fingerprint density at radius 1 is 1.60 bits per heavy atom. The first-order valence-electron chi connectivity index (χ1n) is 3.33. The van der Waals surface area contributed by atoms with Gasteiger partial charge in [-0.15, -0.1) is 0 Å². The number of hydrogen-bond donors (Lipinski definition) is 1. The first kappa shape index (κ1) is 7.34. The van der Waals surface area contributed by atoms with Gasteiger partial charge in [0.2, 0.25) is 0 Å². The van der Waals surface area contributed by atoms with E-state index >= 15 is 0 Å². The van der Waals surface area contributed by atoms with Crippen molar-refractivity contribution in [2.75, 3.05) is 33.4 Å². The molecule has 0 aromatic carbocycles. The number of hydrogen-bond acceptors (Lipinski definition) is 4. The van der Waals surface area contributed by atoms with E-state index in [1.54, 1.807) is 7.11 Å². The van der Waals surface area contributed by atoms with E-state index in [0.29, 0.717) is 19.2 Å². The Morgan fingerprint density at radius 2 is 2.50 bits per heavy atom. The average molecular weight is 144 g/mol. The van der Waals surface area contributed by atoms with Gasteiger partial charge in [-0.1, -0.05) is 0 Å². The first-order valence-corrected chi connectivity index (χ1v) is 3.33. The third-order valence-electron chi connectivity index (χ3n) is 1.21. The summed E-state index contributed by atoms with van der Waals surface area (Å²) >= 11 is 0. The highest BCUT2D eigenvalue weighted by Crippen LogP contribution is 1.83. The number of nitrogens with one attached hydrogen (secondary N) is 1. The van der Waals surface area contributed by atoms with Crippen molar-refractivity contribution in [3.63, 3.8) is 0 Å². The molecule has 0 aromatic rings. The normalized spacial score (nSPS) is 19.9. The lowest BCUT2D eigenvalue weighted by molar-refractivity contribution is 0.140. The monoisotopic (exact) mass is 144 g/mol. The van der Waals surface area contributed by atoms with Gasteiger partial charge in [0.25, 0.3) is 6.02 Å². The van der Waals surface area contributed by atoms with Crippen LogP contribution in [0.25, 0.3) is 0 Å². The summed E-state index contributed by atoms with van der Waals surface area (Å²) in [5, 5.41) is 2.97. The van der Waals surface area contributed by atoms with Gasteiger partial charge < -0.3 is 14.8 Å². The molecule has 0 atom stereocenters. The van der Waals surface area contributed by atoms with E-state index in [2.05, 4.69) is 10.3 Å². The van der Waals surface area contributed by atoms with Crippen LogP contribution in [0.1, 0.15) is 0 Å². The maximum Gasteiger partial charge on any atom is 0.284 e. The summed E-state index contributed by atoms with van der Waals surface area (Å²) < 4.78 is 10.1. The van der Waals surface area contributed by atoms with Gasteiger partial charge in [-0.05, 0) is 0 Å². The summed E-state index contributed by atoms with van der Waals surface area (Å²) in [5.41, 5.74) is 0. The lowest BCUT2D eigenvalue weighted by atomic mass is 10.6. The zero-order chi connectivity index (χ0) is 7.23. The van der Waals surface area contributed by atoms with Crippen molar-refractivity contribution < 1.29 is 9.47 Å². The standard InChI is InChI=1S/C6H12N2O2/c1-9-6-7-2-4-10-5-3-8-6/h2-5H2,1H3,(H,7,8). The fourth-order valence-corrected chi connectivity index (χ4v) is 0.737. The third kappa shape index (κ3) is 2.23. The Bertz CT molecular complexity index is 125. The van der Waals surface area contributed by atoms with Crippen molar-refractivity contribution in [3.8, 4) is 0 Å². The maximum atomic E-state index is 5.14. The van der Waals surface area contributed by atoms with Gasteiger partial charge in [-0.2, -0.15) is 0 Å². The second kappa shape index (κ2) is 4.11. The maximum absolute atomic E-state index is 5.14. The lowest BCUT2D eigenvalue weighted by Crippen LogP contribution is -2.31. The number of nitrogens with zero attached hydrogens (tertiary/aromatic N) is 1. The molecule has 1 N–H and O–H groups in total. The molecule has 4 heteroatoms. The predicted molar refractivity (Wildman–Crippen MR) is 38.1 cm³/mol. The molecule has 1 aliphatic rings. The molecule has 0 bridgehead atoms. The van der Waals surface area contributed by atoms with Crippen LogP contribution in [0.15, 0.2) is 4.99 Å². The van der Waals surface area contributed by atoms with Crippen LogP contribution >= 0.6 is 0 Å². The molecule has 0 saturated carbocycles. The lowest BCUT2D eigenvalue weighted by Gasteiger charge is -2.11. The van der Waals surface area contributed by atoms with Crippen molar-refractivity contribution in [1.82, 2.24) is 5.32 Å². The summed E-state index contributed by atoms with van der Waals surface area (Å²) in [6, 6.07) is 0.614. The molecule has 1 aliphatic heterocycles. The van der Waals surface area contributed by atoms with Gasteiger partial charge in [-0.25, -0.2) is 4.99 Å². The number of ether oxygens (including phenoxy) is 2. The van der Waals surface area contributed by atoms with Crippen LogP contribution in [-0.2, 0) is 9.47 Å². The molecule has 10 heavy (non-hydrogen) atoms. The Kier molecular flexibility index (Phi) is 3.02. The molecular formula is C6H12N2O2. The van der Waals surface area contributed by atoms with Gasteiger partial charge in [0, 0.05) is 6.54 Å². The second-order valence-corrected chi connectivity index (χ2v) is 1.93. The largest absolute Gasteiger partial charge is 0.469 e.